The van der Waals surface area contributed by atoms with Crippen LogP contribution in [0.1, 0.15) is 5.56 Å². The summed E-state index contributed by atoms with van der Waals surface area (Å²) in [6.07, 6.45) is 0.971. The van der Waals surface area contributed by atoms with Crippen molar-refractivity contribution in [2.24, 2.45) is 0 Å². The molecule has 3 heteroatoms. The van der Waals surface area contributed by atoms with Gasteiger partial charge < -0.3 is 9.64 Å². The van der Waals surface area contributed by atoms with Crippen LogP contribution in [0.5, 0.6) is 11.5 Å². The van der Waals surface area contributed by atoms with Crippen LogP contribution in [0.4, 0.5) is 5.69 Å². The van der Waals surface area contributed by atoms with Gasteiger partial charge in [-0.15, -0.1) is 0 Å². The highest BCUT2D eigenvalue weighted by Gasteiger charge is 2.17. The molecule has 2 nitrogen and oxygen atoms in total. The number of para-hydroxylation sites is 2. The first-order valence-corrected chi connectivity index (χ1v) is 6.39. The molecule has 1 aliphatic heterocycles. The van der Waals surface area contributed by atoms with Crippen molar-refractivity contribution in [3.05, 3.63) is 53.1 Å². The van der Waals surface area contributed by atoms with Crippen molar-refractivity contribution in [1.82, 2.24) is 0 Å². The van der Waals surface area contributed by atoms with Crippen LogP contribution in [-0.4, -0.2) is 13.6 Å². The first kappa shape index (κ1) is 11.4. The molecule has 0 aromatic heterocycles. The third-order valence-corrected chi connectivity index (χ3v) is 3.56. The average molecular weight is 260 g/mol. The number of hydrogen-bond acceptors (Lipinski definition) is 2. The number of hydrogen-bond donors (Lipinski definition) is 0. The number of benzene rings is 2. The number of halogens is 1. The first-order valence-electron chi connectivity index (χ1n) is 6.01. The minimum Gasteiger partial charge on any atom is -0.453 e. The predicted octanol–water partition coefficient (Wildman–Crippen LogP) is 4.12. The fourth-order valence-corrected chi connectivity index (χ4v) is 2.44. The molecule has 92 valence electrons. The topological polar surface area (TPSA) is 12.5 Å². The highest BCUT2D eigenvalue weighted by atomic mass is 35.5. The Morgan fingerprint density at radius 3 is 2.83 bits per heavy atom. The number of fused-ring (bicyclic) bond motifs is 2. The SMILES string of the molecule is CN1CCc2ccccc2Oc2c(Cl)cccc21. The molecule has 3 rings (SSSR count). The Hall–Kier alpha value is -1.67. The number of nitrogens with zero attached hydrogens (tertiary/aromatic N) is 1. The van der Waals surface area contributed by atoms with Crippen molar-refractivity contribution in [1.29, 1.82) is 0 Å². The molecule has 2 aromatic rings. The van der Waals surface area contributed by atoms with Crippen molar-refractivity contribution in [2.45, 2.75) is 6.42 Å². The summed E-state index contributed by atoms with van der Waals surface area (Å²) in [4.78, 5) is 2.18. The molecule has 1 aliphatic rings. The van der Waals surface area contributed by atoms with E-state index >= 15 is 0 Å². The molecule has 0 spiro atoms. The van der Waals surface area contributed by atoms with Gasteiger partial charge in [0.25, 0.3) is 0 Å². The molecule has 0 fully saturated rings. The van der Waals surface area contributed by atoms with E-state index in [1.54, 1.807) is 0 Å². The summed E-state index contributed by atoms with van der Waals surface area (Å²) < 4.78 is 6.01. The Balaban J connectivity index is 2.14. The number of rotatable bonds is 0. The van der Waals surface area contributed by atoms with E-state index in [2.05, 4.69) is 18.0 Å². The van der Waals surface area contributed by atoms with Crippen LogP contribution in [0.15, 0.2) is 42.5 Å². The number of anilines is 1. The second kappa shape index (κ2) is 4.54. The first-order chi connectivity index (χ1) is 8.75. The molecule has 0 N–H and O–H groups in total. The zero-order valence-corrected chi connectivity index (χ0v) is 10.9. The molecule has 0 bridgehead atoms. The largest absolute Gasteiger partial charge is 0.453 e. The fourth-order valence-electron chi connectivity index (χ4n) is 2.23. The zero-order valence-electron chi connectivity index (χ0n) is 10.2. The summed E-state index contributed by atoms with van der Waals surface area (Å²) in [6, 6.07) is 14.0. The third-order valence-electron chi connectivity index (χ3n) is 3.26. The summed E-state index contributed by atoms with van der Waals surface area (Å²) in [6.45, 7) is 0.952. The van der Waals surface area contributed by atoms with Gasteiger partial charge in [-0.3, -0.25) is 0 Å². The lowest BCUT2D eigenvalue weighted by Gasteiger charge is -2.26. The van der Waals surface area contributed by atoms with Crippen molar-refractivity contribution in [3.8, 4) is 11.5 Å². The predicted molar refractivity (Wildman–Crippen MR) is 74.9 cm³/mol. The maximum atomic E-state index is 6.25. The van der Waals surface area contributed by atoms with Crippen molar-refractivity contribution < 1.29 is 4.74 Å². The van der Waals surface area contributed by atoms with Gasteiger partial charge in [-0.1, -0.05) is 35.9 Å². The molecule has 18 heavy (non-hydrogen) atoms. The van der Waals surface area contributed by atoms with Gasteiger partial charge in [0.1, 0.15) is 5.75 Å². The molecule has 0 saturated carbocycles. The maximum Gasteiger partial charge on any atom is 0.169 e. The molecular formula is C15H14ClNO. The van der Waals surface area contributed by atoms with Crippen LogP contribution in [0.3, 0.4) is 0 Å². The van der Waals surface area contributed by atoms with Crippen molar-refractivity contribution in [2.75, 3.05) is 18.5 Å². The van der Waals surface area contributed by atoms with Gasteiger partial charge in [0, 0.05) is 13.6 Å². The maximum absolute atomic E-state index is 6.25. The third kappa shape index (κ3) is 1.93. The van der Waals surface area contributed by atoms with Gasteiger partial charge in [0.2, 0.25) is 0 Å². The highest BCUT2D eigenvalue weighted by Crippen LogP contribution is 2.40. The minimum absolute atomic E-state index is 0.649. The number of ether oxygens (including phenoxy) is 1. The molecule has 0 unspecified atom stereocenters. The van der Waals surface area contributed by atoms with E-state index in [0.717, 1.165) is 30.2 Å². The highest BCUT2D eigenvalue weighted by molar-refractivity contribution is 6.32. The van der Waals surface area contributed by atoms with E-state index in [0.29, 0.717) is 5.02 Å². The zero-order chi connectivity index (χ0) is 12.5. The van der Waals surface area contributed by atoms with E-state index in [9.17, 15) is 0 Å². The summed E-state index contributed by atoms with van der Waals surface area (Å²) >= 11 is 6.25. The summed E-state index contributed by atoms with van der Waals surface area (Å²) in [5, 5.41) is 0.649. The smallest absolute Gasteiger partial charge is 0.169 e. The van der Waals surface area contributed by atoms with Crippen molar-refractivity contribution in [3.63, 3.8) is 0 Å². The van der Waals surface area contributed by atoms with Crippen LogP contribution < -0.4 is 9.64 Å². The van der Waals surface area contributed by atoms with Gasteiger partial charge in [-0.2, -0.15) is 0 Å². The molecule has 0 saturated heterocycles. The Morgan fingerprint density at radius 1 is 1.11 bits per heavy atom. The van der Waals surface area contributed by atoms with Crippen LogP contribution in [0.2, 0.25) is 5.02 Å². The summed E-state index contributed by atoms with van der Waals surface area (Å²) in [5.41, 5.74) is 2.26. The van der Waals surface area contributed by atoms with Crippen LogP contribution in [0, 0.1) is 0 Å². The molecular weight excluding hydrogens is 246 g/mol. The minimum atomic E-state index is 0.649. The van der Waals surface area contributed by atoms with E-state index in [1.807, 2.05) is 36.4 Å². The quantitative estimate of drug-likeness (QED) is 0.706. The standard InChI is InChI=1S/C15H14ClNO/c1-17-10-9-11-5-2-3-8-14(11)18-15-12(16)6-4-7-13(15)17/h2-8H,9-10H2,1H3. The van der Waals surface area contributed by atoms with Crippen LogP contribution in [-0.2, 0) is 6.42 Å². The lowest BCUT2D eigenvalue weighted by atomic mass is 10.1. The average Bonchev–Trinajstić information content (AvgIpc) is 2.38. The molecule has 0 atom stereocenters. The summed E-state index contributed by atoms with van der Waals surface area (Å²) in [5.74, 6) is 1.65. The van der Waals surface area contributed by atoms with E-state index in [-0.39, 0.29) is 0 Å². The molecule has 0 aliphatic carbocycles. The van der Waals surface area contributed by atoms with Gasteiger partial charge in [-0.05, 0) is 30.2 Å². The lowest BCUT2D eigenvalue weighted by Crippen LogP contribution is -2.22. The Labute approximate surface area is 112 Å². The van der Waals surface area contributed by atoms with Crippen LogP contribution >= 0.6 is 11.6 Å². The number of likely N-dealkylation sites (N-methyl/N-ethyl adjacent to an activating group) is 1. The van der Waals surface area contributed by atoms with E-state index in [1.165, 1.54) is 5.56 Å². The Kier molecular flexibility index (Phi) is 2.88. The molecule has 0 amide bonds. The Morgan fingerprint density at radius 2 is 1.94 bits per heavy atom. The summed E-state index contributed by atoms with van der Waals surface area (Å²) in [7, 11) is 2.06. The Bertz CT molecular complexity index is 582. The molecule has 0 radical (unpaired) electrons. The van der Waals surface area contributed by atoms with Gasteiger partial charge in [0.05, 0.1) is 10.7 Å². The lowest BCUT2D eigenvalue weighted by molar-refractivity contribution is 0.471. The second-order valence-corrected chi connectivity index (χ2v) is 4.88. The molecule has 2 aromatic carbocycles. The van der Waals surface area contributed by atoms with Gasteiger partial charge in [0.15, 0.2) is 5.75 Å². The normalized spacial score (nSPS) is 14.0. The van der Waals surface area contributed by atoms with E-state index in [4.69, 9.17) is 16.3 Å². The fraction of sp³-hybridized carbons (Fsp3) is 0.200. The van der Waals surface area contributed by atoms with Gasteiger partial charge in [-0.25, -0.2) is 0 Å². The van der Waals surface area contributed by atoms with Crippen LogP contribution in [0.25, 0.3) is 0 Å². The van der Waals surface area contributed by atoms with Crippen molar-refractivity contribution >= 4 is 17.3 Å². The second-order valence-electron chi connectivity index (χ2n) is 4.47. The molecule has 1 heterocycles. The monoisotopic (exact) mass is 259 g/mol. The van der Waals surface area contributed by atoms with Gasteiger partial charge >= 0.3 is 0 Å². The van der Waals surface area contributed by atoms with E-state index < -0.39 is 0 Å².